The highest BCUT2D eigenvalue weighted by Crippen LogP contribution is 2.37. The minimum atomic E-state index is -1.72. The third-order valence-electron chi connectivity index (χ3n) is 3.31. The van der Waals surface area contributed by atoms with Crippen molar-refractivity contribution in [3.05, 3.63) is 83.1 Å². The number of benzene rings is 2. The zero-order valence-electron chi connectivity index (χ0n) is 12.9. The van der Waals surface area contributed by atoms with Crippen LogP contribution in [0.15, 0.2) is 59.0 Å². The molecule has 3 aromatic rings. The monoisotopic (exact) mass is 390 g/mol. The molecule has 0 bridgehead atoms. The fourth-order valence-electron chi connectivity index (χ4n) is 2.06. The largest absolute Gasteiger partial charge is 0.417 e. The van der Waals surface area contributed by atoms with Crippen molar-refractivity contribution in [3.8, 4) is 0 Å². The molecule has 0 radical (unpaired) electrons. The second-order valence-corrected chi connectivity index (χ2v) is 7.47. The molecular weight excluding hydrogens is 379 g/mol. The van der Waals surface area contributed by atoms with Crippen molar-refractivity contribution in [3.63, 3.8) is 0 Å². The number of alkyl halides is 3. The highest BCUT2D eigenvalue weighted by Gasteiger charge is 2.29. The Morgan fingerprint density at radius 1 is 0.680 bits per heavy atom. The summed E-state index contributed by atoms with van der Waals surface area (Å²) in [6.45, 7) is 0. The third-order valence-corrected chi connectivity index (χ3v) is 3.79. The normalized spacial score (nSPS) is 12.3. The van der Waals surface area contributed by atoms with E-state index < -0.39 is 3.79 Å². The van der Waals surface area contributed by atoms with Gasteiger partial charge in [-0.05, 0) is 22.8 Å². The van der Waals surface area contributed by atoms with Crippen LogP contribution < -0.4 is 0 Å². The second kappa shape index (κ2) is 7.87. The van der Waals surface area contributed by atoms with Crippen molar-refractivity contribution < 1.29 is 4.42 Å². The van der Waals surface area contributed by atoms with Crippen molar-refractivity contribution in [2.45, 2.75) is 3.79 Å². The van der Waals surface area contributed by atoms with Gasteiger partial charge < -0.3 is 4.42 Å². The molecule has 0 aliphatic rings. The first kappa shape index (κ1) is 17.7. The van der Waals surface area contributed by atoms with Crippen molar-refractivity contribution in [2.75, 3.05) is 0 Å². The van der Waals surface area contributed by atoms with E-state index in [1.807, 2.05) is 48.5 Å². The fourth-order valence-corrected chi connectivity index (χ4v) is 2.29. The lowest BCUT2D eigenvalue weighted by Gasteiger charge is -2.01. The van der Waals surface area contributed by atoms with Crippen molar-refractivity contribution >= 4 is 59.1 Å². The fraction of sp³-hybridized carbons (Fsp3) is 0.0526. The minimum Gasteiger partial charge on any atom is -0.417 e. The molecule has 0 saturated heterocycles. The molecule has 0 atom stereocenters. The summed E-state index contributed by atoms with van der Waals surface area (Å²) in [5.74, 6) is 0.216. The Kier molecular flexibility index (Phi) is 5.59. The molecule has 2 aromatic carbocycles. The van der Waals surface area contributed by atoms with E-state index in [-0.39, 0.29) is 11.8 Å². The summed E-state index contributed by atoms with van der Waals surface area (Å²) in [5, 5.41) is 7.50. The molecule has 0 spiro atoms. The van der Waals surface area contributed by atoms with Crippen LogP contribution in [0.3, 0.4) is 0 Å². The first-order chi connectivity index (χ1) is 12.0. The van der Waals surface area contributed by atoms with Gasteiger partial charge in [0.2, 0.25) is 5.89 Å². The Morgan fingerprint density at radius 3 is 1.72 bits per heavy atom. The van der Waals surface area contributed by atoms with Crippen LogP contribution in [-0.2, 0) is 3.79 Å². The maximum atomic E-state index is 5.68. The Morgan fingerprint density at radius 2 is 1.20 bits per heavy atom. The molecule has 0 amide bonds. The molecule has 126 valence electrons. The highest BCUT2D eigenvalue weighted by molar-refractivity contribution is 6.66. The molecule has 0 aliphatic carbocycles. The zero-order chi connectivity index (χ0) is 17.7. The molecule has 25 heavy (non-hydrogen) atoms. The van der Waals surface area contributed by atoms with Gasteiger partial charge in [0.15, 0.2) is 0 Å². The van der Waals surface area contributed by atoms with E-state index in [9.17, 15) is 0 Å². The Balaban J connectivity index is 1.66. The smallest absolute Gasteiger partial charge is 0.268 e. The summed E-state index contributed by atoms with van der Waals surface area (Å²) in [6.07, 6.45) is 7.65. The molecule has 1 heterocycles. The van der Waals surface area contributed by atoms with E-state index in [0.29, 0.717) is 0 Å². The Hall–Kier alpha value is -2.07. The average molecular weight is 392 g/mol. The number of hydrogen-bond donors (Lipinski definition) is 0. The second-order valence-electron chi connectivity index (χ2n) is 5.19. The van der Waals surface area contributed by atoms with E-state index in [1.165, 1.54) is 0 Å². The molecule has 1 aromatic heterocycles. The van der Waals surface area contributed by atoms with Crippen LogP contribution in [0.5, 0.6) is 0 Å². The molecule has 0 aliphatic heterocycles. The molecule has 3 nitrogen and oxygen atoms in total. The Bertz CT molecular complexity index is 879. The molecule has 0 N–H and O–H groups in total. The van der Waals surface area contributed by atoms with Gasteiger partial charge in [-0.2, -0.15) is 0 Å². The summed E-state index contributed by atoms with van der Waals surface area (Å²) in [4.78, 5) is 0. The van der Waals surface area contributed by atoms with Gasteiger partial charge in [-0.1, -0.05) is 102 Å². The van der Waals surface area contributed by atoms with Crippen molar-refractivity contribution in [1.29, 1.82) is 0 Å². The molecule has 3 rings (SSSR count). The lowest BCUT2D eigenvalue weighted by molar-refractivity contribution is 0.493. The Labute approximate surface area is 160 Å². The van der Waals surface area contributed by atoms with Crippen LogP contribution in [0, 0.1) is 0 Å². The van der Waals surface area contributed by atoms with Gasteiger partial charge in [0.25, 0.3) is 9.68 Å². The maximum absolute atomic E-state index is 5.68. The van der Waals surface area contributed by atoms with E-state index in [0.717, 1.165) is 16.7 Å². The van der Waals surface area contributed by atoms with Gasteiger partial charge in [-0.3, -0.25) is 0 Å². The van der Waals surface area contributed by atoms with Crippen LogP contribution in [0.2, 0.25) is 0 Å². The number of halogens is 3. The van der Waals surface area contributed by atoms with Gasteiger partial charge in [0.1, 0.15) is 0 Å². The van der Waals surface area contributed by atoms with Crippen LogP contribution in [0.25, 0.3) is 24.3 Å². The summed E-state index contributed by atoms with van der Waals surface area (Å²) in [6, 6.07) is 18.2. The predicted molar refractivity (Wildman–Crippen MR) is 104 cm³/mol. The topological polar surface area (TPSA) is 38.9 Å². The molecular formula is C19H13Cl3N2O. The van der Waals surface area contributed by atoms with Gasteiger partial charge in [-0.25, -0.2) is 0 Å². The summed E-state index contributed by atoms with van der Waals surface area (Å²) in [5.41, 5.74) is 3.26. The van der Waals surface area contributed by atoms with Crippen LogP contribution >= 0.6 is 34.8 Å². The summed E-state index contributed by atoms with van der Waals surface area (Å²) in [7, 11) is 0. The molecule has 0 saturated carbocycles. The standard InChI is InChI=1S/C19H13Cl3N2O/c20-19(21,22)18-24-23-17(25-18)13-12-16-10-8-15(9-11-16)7-6-14-4-2-1-3-5-14/h1-13H/b7-6-,13-12-. The van der Waals surface area contributed by atoms with Gasteiger partial charge in [0.05, 0.1) is 0 Å². The summed E-state index contributed by atoms with van der Waals surface area (Å²) >= 11 is 17.1. The first-order valence-electron chi connectivity index (χ1n) is 7.43. The zero-order valence-corrected chi connectivity index (χ0v) is 15.2. The highest BCUT2D eigenvalue weighted by atomic mass is 35.6. The van der Waals surface area contributed by atoms with E-state index >= 15 is 0 Å². The number of rotatable bonds is 4. The van der Waals surface area contributed by atoms with E-state index in [4.69, 9.17) is 39.2 Å². The number of nitrogens with zero attached hydrogens (tertiary/aromatic N) is 2. The molecule has 6 heteroatoms. The van der Waals surface area contributed by atoms with Crippen molar-refractivity contribution in [1.82, 2.24) is 10.2 Å². The van der Waals surface area contributed by atoms with Crippen LogP contribution in [0.1, 0.15) is 28.5 Å². The molecule has 0 unspecified atom stereocenters. The quantitative estimate of drug-likeness (QED) is 0.390. The number of aromatic nitrogens is 2. The number of hydrogen-bond acceptors (Lipinski definition) is 3. The van der Waals surface area contributed by atoms with Gasteiger partial charge in [-0.15, -0.1) is 10.2 Å². The summed E-state index contributed by atoms with van der Waals surface area (Å²) < 4.78 is 3.55. The molecule has 0 fully saturated rings. The lowest BCUT2D eigenvalue weighted by Crippen LogP contribution is -1.99. The van der Waals surface area contributed by atoms with E-state index in [1.54, 1.807) is 6.08 Å². The SMILES string of the molecule is ClC(Cl)(Cl)c1nnc(/C=C\c2ccc(/C=C\c3ccccc3)cc2)o1. The maximum Gasteiger partial charge on any atom is 0.268 e. The van der Waals surface area contributed by atoms with Crippen LogP contribution in [-0.4, -0.2) is 10.2 Å². The average Bonchev–Trinajstić information content (AvgIpc) is 3.09. The van der Waals surface area contributed by atoms with Crippen molar-refractivity contribution in [2.24, 2.45) is 0 Å². The predicted octanol–water partition coefficient (Wildman–Crippen LogP) is 6.24. The third kappa shape index (κ3) is 5.20. The van der Waals surface area contributed by atoms with E-state index in [2.05, 4.69) is 34.5 Å². The lowest BCUT2D eigenvalue weighted by atomic mass is 10.1. The first-order valence-corrected chi connectivity index (χ1v) is 8.56. The van der Waals surface area contributed by atoms with Crippen LogP contribution in [0.4, 0.5) is 0 Å². The van der Waals surface area contributed by atoms with Gasteiger partial charge in [0, 0.05) is 6.08 Å². The minimum absolute atomic E-state index is 0.0569. The van der Waals surface area contributed by atoms with Gasteiger partial charge >= 0.3 is 0 Å².